The van der Waals surface area contributed by atoms with E-state index >= 15 is 0 Å². The molecule has 0 aliphatic carbocycles. The van der Waals surface area contributed by atoms with Crippen LogP contribution in [-0.2, 0) is 28.7 Å². The molecule has 0 aliphatic rings. The Morgan fingerprint density at radius 1 is 0.800 bits per heavy atom. The molecule has 2 N–H and O–H groups in total. The Balaban J connectivity index is 4.28. The molecule has 8 heteroatoms. The van der Waals surface area contributed by atoms with Crippen molar-refractivity contribution < 1.29 is 28.7 Å². The molecule has 112 valence electrons. The quantitative estimate of drug-likeness (QED) is 0.473. The van der Waals surface area contributed by atoms with Crippen LogP contribution in [0.2, 0.25) is 0 Å². The van der Waals surface area contributed by atoms with Gasteiger partial charge in [-0.15, -0.1) is 0 Å². The predicted octanol–water partition coefficient (Wildman–Crippen LogP) is -1.10. The van der Waals surface area contributed by atoms with E-state index in [0.717, 1.165) is 12.2 Å². The summed E-state index contributed by atoms with van der Waals surface area (Å²) in [6, 6.07) is -1.65. The molecule has 20 heavy (non-hydrogen) atoms. The number of methoxy groups -OCH3 is 2. The summed E-state index contributed by atoms with van der Waals surface area (Å²) < 4.78 is 8.84. The standard InChI is InChI=1S/C12H18N2O6/c1-7(11(17)19-3)13-9(15)5-6-10(16)14-8(2)12(18)20-4/h5-8H,1-4H3,(H,13,15)(H,14,16)/b6-5+/t7-,8-/m0/s1. The van der Waals surface area contributed by atoms with Crippen molar-refractivity contribution in [2.45, 2.75) is 25.9 Å². The van der Waals surface area contributed by atoms with Crippen molar-refractivity contribution in [1.82, 2.24) is 10.6 Å². The molecule has 0 aromatic rings. The fourth-order valence-electron chi connectivity index (χ4n) is 1.15. The molecule has 0 saturated heterocycles. The molecular weight excluding hydrogens is 268 g/mol. The summed E-state index contributed by atoms with van der Waals surface area (Å²) in [5.74, 6) is -2.47. The van der Waals surface area contributed by atoms with E-state index in [1.807, 2.05) is 0 Å². The molecule has 2 amide bonds. The summed E-state index contributed by atoms with van der Waals surface area (Å²) in [5, 5.41) is 4.60. The maximum Gasteiger partial charge on any atom is 0.328 e. The van der Waals surface area contributed by atoms with E-state index in [0.29, 0.717) is 0 Å². The molecule has 0 radical (unpaired) electrons. The summed E-state index contributed by atoms with van der Waals surface area (Å²) in [4.78, 5) is 44.8. The second-order valence-corrected chi connectivity index (χ2v) is 3.84. The van der Waals surface area contributed by atoms with Gasteiger partial charge < -0.3 is 20.1 Å². The lowest BCUT2D eigenvalue weighted by molar-refractivity contribution is -0.144. The minimum absolute atomic E-state index is 0.601. The average Bonchev–Trinajstić information content (AvgIpc) is 2.42. The number of ether oxygens (including phenoxy) is 2. The van der Waals surface area contributed by atoms with Crippen LogP contribution in [0, 0.1) is 0 Å². The summed E-state index contributed by atoms with van der Waals surface area (Å²) in [6.45, 7) is 2.88. The normalized spacial score (nSPS) is 13.2. The first kappa shape index (κ1) is 17.6. The average molecular weight is 286 g/mol. The largest absolute Gasteiger partial charge is 0.467 e. The Hall–Kier alpha value is -2.38. The number of hydrogen-bond donors (Lipinski definition) is 2. The van der Waals surface area contributed by atoms with Crippen LogP contribution >= 0.6 is 0 Å². The molecule has 0 aromatic carbocycles. The Labute approximate surface area is 116 Å². The topological polar surface area (TPSA) is 111 Å². The van der Waals surface area contributed by atoms with Crippen molar-refractivity contribution >= 4 is 23.8 Å². The van der Waals surface area contributed by atoms with Crippen LogP contribution in [0.3, 0.4) is 0 Å². The van der Waals surface area contributed by atoms with Crippen molar-refractivity contribution in [2.24, 2.45) is 0 Å². The zero-order valence-corrected chi connectivity index (χ0v) is 11.8. The lowest BCUT2D eigenvalue weighted by Gasteiger charge is -2.10. The van der Waals surface area contributed by atoms with E-state index in [9.17, 15) is 19.2 Å². The monoisotopic (exact) mass is 286 g/mol. The second-order valence-electron chi connectivity index (χ2n) is 3.84. The molecule has 0 spiro atoms. The third-order valence-corrected chi connectivity index (χ3v) is 2.21. The van der Waals surface area contributed by atoms with Crippen LogP contribution in [0.4, 0.5) is 0 Å². The number of carbonyl (C=O) groups is 4. The van der Waals surface area contributed by atoms with Gasteiger partial charge in [-0.3, -0.25) is 9.59 Å². The van der Waals surface area contributed by atoms with Gasteiger partial charge in [0.2, 0.25) is 11.8 Å². The second kappa shape index (κ2) is 8.68. The lowest BCUT2D eigenvalue weighted by Crippen LogP contribution is -2.39. The summed E-state index contributed by atoms with van der Waals surface area (Å²) in [6.07, 6.45) is 1.89. The zero-order valence-electron chi connectivity index (χ0n) is 11.8. The van der Waals surface area contributed by atoms with Crippen molar-refractivity contribution in [2.75, 3.05) is 14.2 Å². The van der Waals surface area contributed by atoms with Gasteiger partial charge in [0, 0.05) is 12.2 Å². The van der Waals surface area contributed by atoms with Crippen molar-refractivity contribution in [3.8, 4) is 0 Å². The van der Waals surface area contributed by atoms with Crippen LogP contribution in [0.1, 0.15) is 13.8 Å². The number of rotatable bonds is 6. The minimum atomic E-state index is -0.825. The van der Waals surface area contributed by atoms with E-state index in [-0.39, 0.29) is 0 Å². The predicted molar refractivity (Wildman–Crippen MR) is 68.4 cm³/mol. The van der Waals surface area contributed by atoms with Crippen molar-refractivity contribution in [1.29, 1.82) is 0 Å². The van der Waals surface area contributed by atoms with Gasteiger partial charge in [0.05, 0.1) is 14.2 Å². The maximum atomic E-state index is 11.4. The van der Waals surface area contributed by atoms with E-state index in [1.165, 1.54) is 28.1 Å². The molecule has 0 aromatic heterocycles. The maximum absolute atomic E-state index is 11.4. The van der Waals surface area contributed by atoms with E-state index in [1.54, 1.807) is 0 Å². The Kier molecular flexibility index (Phi) is 7.64. The highest BCUT2D eigenvalue weighted by atomic mass is 16.5. The van der Waals surface area contributed by atoms with Gasteiger partial charge in [-0.05, 0) is 13.8 Å². The van der Waals surface area contributed by atoms with Crippen LogP contribution in [0.15, 0.2) is 12.2 Å². The van der Waals surface area contributed by atoms with Gasteiger partial charge in [0.25, 0.3) is 0 Å². The van der Waals surface area contributed by atoms with Gasteiger partial charge in [0.1, 0.15) is 12.1 Å². The van der Waals surface area contributed by atoms with Gasteiger partial charge in [-0.1, -0.05) is 0 Å². The highest BCUT2D eigenvalue weighted by molar-refractivity contribution is 5.99. The van der Waals surface area contributed by atoms with E-state index in [2.05, 4.69) is 20.1 Å². The van der Waals surface area contributed by atoms with E-state index in [4.69, 9.17) is 0 Å². The highest BCUT2D eigenvalue weighted by Gasteiger charge is 2.16. The molecule has 0 rings (SSSR count). The van der Waals surface area contributed by atoms with Gasteiger partial charge in [-0.2, -0.15) is 0 Å². The molecule has 0 aliphatic heterocycles. The summed E-state index contributed by atoms with van der Waals surface area (Å²) in [5.41, 5.74) is 0. The molecule has 0 unspecified atom stereocenters. The summed E-state index contributed by atoms with van der Waals surface area (Å²) in [7, 11) is 2.39. The molecule has 0 fully saturated rings. The van der Waals surface area contributed by atoms with Gasteiger partial charge >= 0.3 is 11.9 Å². The van der Waals surface area contributed by atoms with E-state index < -0.39 is 35.8 Å². The first-order chi connectivity index (χ1) is 9.31. The molecule has 0 heterocycles. The minimum Gasteiger partial charge on any atom is -0.467 e. The fourth-order valence-corrected chi connectivity index (χ4v) is 1.15. The van der Waals surface area contributed by atoms with Crippen LogP contribution < -0.4 is 10.6 Å². The molecule has 0 saturated carbocycles. The number of carbonyl (C=O) groups excluding carboxylic acids is 4. The first-order valence-corrected chi connectivity index (χ1v) is 5.76. The SMILES string of the molecule is COC(=O)[C@H](C)NC(=O)/C=C/C(=O)N[C@@H](C)C(=O)OC. The smallest absolute Gasteiger partial charge is 0.328 e. The molecular formula is C12H18N2O6. The number of hydrogen-bond acceptors (Lipinski definition) is 6. The van der Waals surface area contributed by atoms with Gasteiger partial charge in [0.15, 0.2) is 0 Å². The Morgan fingerprint density at radius 3 is 1.35 bits per heavy atom. The molecule has 8 nitrogen and oxygen atoms in total. The third kappa shape index (κ3) is 6.53. The number of amides is 2. The number of nitrogens with one attached hydrogen (secondary N) is 2. The van der Waals surface area contributed by atoms with Crippen molar-refractivity contribution in [3.63, 3.8) is 0 Å². The molecule has 2 atom stereocenters. The first-order valence-electron chi connectivity index (χ1n) is 5.76. The Bertz CT molecular complexity index is 380. The lowest BCUT2D eigenvalue weighted by atomic mass is 10.3. The number of esters is 2. The fraction of sp³-hybridized carbons (Fsp3) is 0.500. The van der Waals surface area contributed by atoms with Crippen molar-refractivity contribution in [3.05, 3.63) is 12.2 Å². The molecule has 0 bridgehead atoms. The van der Waals surface area contributed by atoms with Crippen LogP contribution in [0.25, 0.3) is 0 Å². The zero-order chi connectivity index (χ0) is 15.7. The summed E-state index contributed by atoms with van der Waals surface area (Å²) >= 11 is 0. The Morgan fingerprint density at radius 2 is 1.10 bits per heavy atom. The van der Waals surface area contributed by atoms with Gasteiger partial charge in [-0.25, -0.2) is 9.59 Å². The third-order valence-electron chi connectivity index (χ3n) is 2.21. The highest BCUT2D eigenvalue weighted by Crippen LogP contribution is 1.88. The van der Waals surface area contributed by atoms with Crippen LogP contribution in [0.5, 0.6) is 0 Å². The van der Waals surface area contributed by atoms with Crippen LogP contribution in [-0.4, -0.2) is 50.1 Å².